The molecule has 0 radical (unpaired) electrons. The summed E-state index contributed by atoms with van der Waals surface area (Å²) in [6.45, 7) is 4.16. The number of nitrogens with two attached hydrogens (primary N) is 1. The summed E-state index contributed by atoms with van der Waals surface area (Å²) in [6.07, 6.45) is 7.85. The van der Waals surface area contributed by atoms with Crippen LogP contribution in [0.15, 0.2) is 16.5 Å². The molecule has 1 aromatic rings. The van der Waals surface area contributed by atoms with Gasteiger partial charge in [-0.05, 0) is 38.3 Å². The lowest BCUT2D eigenvalue weighted by Gasteiger charge is -2.28. The molecule has 2 atom stereocenters. The molecule has 2 N–H and O–H groups in total. The van der Waals surface area contributed by atoms with Crippen molar-refractivity contribution in [2.75, 3.05) is 0 Å². The Morgan fingerprint density at radius 3 is 2.61 bits per heavy atom. The third-order valence-electron chi connectivity index (χ3n) is 3.79. The van der Waals surface area contributed by atoms with Crippen LogP contribution in [0.3, 0.4) is 0 Å². The first kappa shape index (κ1) is 14.0. The molecule has 0 bridgehead atoms. The van der Waals surface area contributed by atoms with Gasteiger partial charge in [0.05, 0.1) is 5.25 Å². The van der Waals surface area contributed by atoms with Crippen LogP contribution >= 0.6 is 11.8 Å². The lowest BCUT2D eigenvalue weighted by molar-refractivity contribution is 0.450. The van der Waals surface area contributed by atoms with E-state index >= 15 is 0 Å². The van der Waals surface area contributed by atoms with Crippen LogP contribution in [-0.2, 0) is 0 Å². The molecule has 0 spiro atoms. The summed E-state index contributed by atoms with van der Waals surface area (Å²) in [5.74, 6) is 2.06. The van der Waals surface area contributed by atoms with Gasteiger partial charge in [-0.3, -0.25) is 0 Å². The Hall–Kier alpha value is -0.410. The standard InChI is InChI=1S/C15H25NOS/c1-3-13(16)15(14-10-9-11(2)17-14)18-12-7-5-4-6-8-12/h9-10,12-13,15H,3-8,16H2,1-2H3. The minimum Gasteiger partial charge on any atom is -0.465 e. The molecule has 0 aromatic carbocycles. The maximum Gasteiger partial charge on any atom is 0.118 e. The van der Waals surface area contributed by atoms with Crippen LogP contribution in [0.4, 0.5) is 0 Å². The molecule has 102 valence electrons. The molecular weight excluding hydrogens is 242 g/mol. The Labute approximate surface area is 115 Å². The van der Waals surface area contributed by atoms with Gasteiger partial charge in [-0.15, -0.1) is 11.8 Å². The molecular formula is C15H25NOS. The van der Waals surface area contributed by atoms with E-state index in [0.717, 1.165) is 23.2 Å². The van der Waals surface area contributed by atoms with Gasteiger partial charge in [-0.25, -0.2) is 0 Å². The predicted octanol–water partition coefficient (Wildman–Crippen LogP) is 4.43. The lowest BCUT2D eigenvalue weighted by Crippen LogP contribution is -2.27. The largest absolute Gasteiger partial charge is 0.465 e. The molecule has 2 nitrogen and oxygen atoms in total. The fourth-order valence-corrected chi connectivity index (χ4v) is 4.28. The molecule has 18 heavy (non-hydrogen) atoms. The molecule has 0 amide bonds. The number of thioether (sulfide) groups is 1. The van der Waals surface area contributed by atoms with Gasteiger partial charge in [0.25, 0.3) is 0 Å². The Morgan fingerprint density at radius 1 is 1.33 bits per heavy atom. The molecule has 1 heterocycles. The van der Waals surface area contributed by atoms with E-state index in [1.165, 1.54) is 32.1 Å². The maximum atomic E-state index is 6.29. The fourth-order valence-electron chi connectivity index (χ4n) is 2.61. The second kappa shape index (κ2) is 6.67. The van der Waals surface area contributed by atoms with Crippen molar-refractivity contribution >= 4 is 11.8 Å². The molecule has 3 heteroatoms. The molecule has 1 aromatic heterocycles. The first-order valence-corrected chi connectivity index (χ1v) is 8.12. The topological polar surface area (TPSA) is 39.2 Å². The number of aryl methyl sites for hydroxylation is 1. The van der Waals surface area contributed by atoms with Crippen molar-refractivity contribution in [1.82, 2.24) is 0 Å². The Bertz CT molecular complexity index is 357. The van der Waals surface area contributed by atoms with Crippen LogP contribution in [0.5, 0.6) is 0 Å². The van der Waals surface area contributed by atoms with Crippen molar-refractivity contribution in [3.05, 3.63) is 23.7 Å². The number of furan rings is 1. The first-order chi connectivity index (χ1) is 8.70. The third-order valence-corrected chi connectivity index (χ3v) is 5.52. The van der Waals surface area contributed by atoms with Gasteiger partial charge in [0.15, 0.2) is 0 Å². The Balaban J connectivity index is 2.04. The molecule has 1 aliphatic rings. The monoisotopic (exact) mass is 267 g/mol. The van der Waals surface area contributed by atoms with Crippen molar-refractivity contribution in [3.8, 4) is 0 Å². The summed E-state index contributed by atoms with van der Waals surface area (Å²) in [4.78, 5) is 0. The minimum absolute atomic E-state index is 0.197. The van der Waals surface area contributed by atoms with Crippen molar-refractivity contribution in [1.29, 1.82) is 0 Å². The highest BCUT2D eigenvalue weighted by Crippen LogP contribution is 2.41. The van der Waals surface area contributed by atoms with Crippen LogP contribution in [0.2, 0.25) is 0 Å². The first-order valence-electron chi connectivity index (χ1n) is 7.18. The molecule has 0 aliphatic heterocycles. The van der Waals surface area contributed by atoms with Gasteiger partial charge in [-0.2, -0.15) is 0 Å². The summed E-state index contributed by atoms with van der Waals surface area (Å²) in [5, 5.41) is 1.10. The SMILES string of the molecule is CCC(N)C(SC1CCCCC1)c1ccc(C)o1. The molecule has 1 aliphatic carbocycles. The van der Waals surface area contributed by atoms with Crippen LogP contribution in [0.25, 0.3) is 0 Å². The van der Waals surface area contributed by atoms with Gasteiger partial charge in [0.1, 0.15) is 11.5 Å². The lowest BCUT2D eigenvalue weighted by atomic mass is 10.0. The van der Waals surface area contributed by atoms with Gasteiger partial charge in [0, 0.05) is 11.3 Å². The van der Waals surface area contributed by atoms with E-state index in [4.69, 9.17) is 10.2 Å². The second-order valence-electron chi connectivity index (χ2n) is 5.34. The van der Waals surface area contributed by atoms with E-state index in [1.54, 1.807) is 0 Å². The second-order valence-corrected chi connectivity index (χ2v) is 6.78. The maximum absolute atomic E-state index is 6.29. The van der Waals surface area contributed by atoms with E-state index in [2.05, 4.69) is 13.0 Å². The van der Waals surface area contributed by atoms with E-state index in [1.807, 2.05) is 24.8 Å². The van der Waals surface area contributed by atoms with Crippen LogP contribution in [0, 0.1) is 6.92 Å². The zero-order valence-electron chi connectivity index (χ0n) is 11.5. The van der Waals surface area contributed by atoms with Gasteiger partial charge in [0.2, 0.25) is 0 Å². The number of hydrogen-bond acceptors (Lipinski definition) is 3. The molecule has 1 saturated carbocycles. The smallest absolute Gasteiger partial charge is 0.118 e. The van der Waals surface area contributed by atoms with Crippen LogP contribution in [-0.4, -0.2) is 11.3 Å². The molecule has 2 rings (SSSR count). The Morgan fingerprint density at radius 2 is 2.06 bits per heavy atom. The summed E-state index contributed by atoms with van der Waals surface area (Å²) in [5.41, 5.74) is 6.29. The predicted molar refractivity (Wildman–Crippen MR) is 78.9 cm³/mol. The zero-order chi connectivity index (χ0) is 13.0. The number of rotatable bonds is 5. The minimum atomic E-state index is 0.197. The zero-order valence-corrected chi connectivity index (χ0v) is 12.3. The van der Waals surface area contributed by atoms with Crippen molar-refractivity contribution in [3.63, 3.8) is 0 Å². The van der Waals surface area contributed by atoms with Crippen molar-refractivity contribution < 1.29 is 4.42 Å². The van der Waals surface area contributed by atoms with Crippen molar-refractivity contribution in [2.24, 2.45) is 5.73 Å². The average molecular weight is 267 g/mol. The van der Waals surface area contributed by atoms with Crippen LogP contribution in [0.1, 0.15) is 62.2 Å². The van der Waals surface area contributed by atoms with E-state index in [0.29, 0.717) is 5.25 Å². The van der Waals surface area contributed by atoms with Gasteiger partial charge < -0.3 is 10.2 Å². The highest BCUT2D eigenvalue weighted by atomic mass is 32.2. The Kier molecular flexibility index (Phi) is 5.19. The summed E-state index contributed by atoms with van der Waals surface area (Å²) < 4.78 is 5.81. The van der Waals surface area contributed by atoms with E-state index in [9.17, 15) is 0 Å². The highest BCUT2D eigenvalue weighted by molar-refractivity contribution is 8.00. The van der Waals surface area contributed by atoms with E-state index in [-0.39, 0.29) is 6.04 Å². The third kappa shape index (κ3) is 3.55. The molecule has 2 unspecified atom stereocenters. The normalized spacial score (nSPS) is 20.8. The van der Waals surface area contributed by atoms with Crippen molar-refractivity contribution in [2.45, 2.75) is 68.9 Å². The van der Waals surface area contributed by atoms with Gasteiger partial charge in [-0.1, -0.05) is 26.2 Å². The summed E-state index contributed by atoms with van der Waals surface area (Å²) in [6, 6.07) is 4.35. The quantitative estimate of drug-likeness (QED) is 0.857. The van der Waals surface area contributed by atoms with E-state index < -0.39 is 0 Å². The summed E-state index contributed by atoms with van der Waals surface area (Å²) >= 11 is 2.05. The van der Waals surface area contributed by atoms with Gasteiger partial charge >= 0.3 is 0 Å². The summed E-state index contributed by atoms with van der Waals surface area (Å²) in [7, 11) is 0. The fraction of sp³-hybridized carbons (Fsp3) is 0.733. The average Bonchev–Trinajstić information content (AvgIpc) is 2.83. The van der Waals surface area contributed by atoms with Crippen LogP contribution < -0.4 is 5.73 Å². The molecule has 1 fully saturated rings. The molecule has 0 saturated heterocycles. The number of hydrogen-bond donors (Lipinski definition) is 1. The highest BCUT2D eigenvalue weighted by Gasteiger charge is 2.26.